The second-order valence-electron chi connectivity index (χ2n) is 2.17. The second-order valence-corrected chi connectivity index (χ2v) is 2.17. The van der Waals surface area contributed by atoms with Gasteiger partial charge in [-0.3, -0.25) is 4.79 Å². The molecule has 1 aliphatic carbocycles. The zero-order valence-electron chi connectivity index (χ0n) is 5.46. The summed E-state index contributed by atoms with van der Waals surface area (Å²) in [6, 6.07) is 0.431. The average Bonchev–Trinajstić information content (AvgIpc) is 2.50. The molecule has 0 amide bonds. The van der Waals surface area contributed by atoms with Crippen molar-refractivity contribution in [2.24, 2.45) is 0 Å². The van der Waals surface area contributed by atoms with Gasteiger partial charge in [-0.05, 0) is 6.54 Å². The van der Waals surface area contributed by atoms with Gasteiger partial charge in [-0.1, -0.05) is 6.92 Å². The molecule has 0 radical (unpaired) electrons. The van der Waals surface area contributed by atoms with Gasteiger partial charge in [0, 0.05) is 12.5 Å². The Balaban J connectivity index is 2.02. The van der Waals surface area contributed by atoms with Crippen molar-refractivity contribution < 1.29 is 9.53 Å². The van der Waals surface area contributed by atoms with Crippen LogP contribution in [0.2, 0.25) is 0 Å². The van der Waals surface area contributed by atoms with E-state index in [1.807, 2.05) is 6.92 Å². The van der Waals surface area contributed by atoms with Crippen LogP contribution in [0, 0.1) is 0 Å². The van der Waals surface area contributed by atoms with E-state index in [1.165, 1.54) is 0 Å². The van der Waals surface area contributed by atoms with Crippen LogP contribution in [-0.2, 0) is 9.53 Å². The molecule has 1 N–H and O–H groups in total. The van der Waals surface area contributed by atoms with Gasteiger partial charge >= 0.3 is 0 Å². The van der Waals surface area contributed by atoms with Crippen molar-refractivity contribution in [3.63, 3.8) is 0 Å². The Kier molecular flexibility index (Phi) is 2.05. The number of rotatable bonds is 4. The summed E-state index contributed by atoms with van der Waals surface area (Å²) >= 11 is 0. The van der Waals surface area contributed by atoms with Gasteiger partial charge in [0.25, 0.3) is 6.47 Å². The van der Waals surface area contributed by atoms with Crippen LogP contribution in [0.5, 0.6) is 0 Å². The third-order valence-electron chi connectivity index (χ3n) is 1.43. The topological polar surface area (TPSA) is 38.3 Å². The normalized spacial score (nSPS) is 31.7. The first-order valence-corrected chi connectivity index (χ1v) is 3.21. The van der Waals surface area contributed by atoms with Crippen LogP contribution in [-0.4, -0.2) is 25.2 Å². The monoisotopic (exact) mass is 129 g/mol. The molecule has 3 nitrogen and oxygen atoms in total. The first-order chi connectivity index (χ1) is 4.38. The van der Waals surface area contributed by atoms with E-state index in [1.54, 1.807) is 0 Å². The lowest BCUT2D eigenvalue weighted by Gasteiger charge is -1.96. The predicted octanol–water partition coefficient (Wildman–Crippen LogP) is -0.0902. The molecule has 3 heteroatoms. The highest BCUT2D eigenvalue weighted by molar-refractivity contribution is 5.38. The molecule has 0 spiro atoms. The van der Waals surface area contributed by atoms with Crippen molar-refractivity contribution in [3.05, 3.63) is 0 Å². The SMILES string of the molecule is CCNC1CC1OC=O. The van der Waals surface area contributed by atoms with Gasteiger partial charge in [-0.25, -0.2) is 0 Å². The van der Waals surface area contributed by atoms with E-state index in [2.05, 4.69) is 10.1 Å². The smallest absolute Gasteiger partial charge is 0.293 e. The molecule has 0 aromatic rings. The minimum Gasteiger partial charge on any atom is -0.463 e. The zero-order valence-corrected chi connectivity index (χ0v) is 5.46. The summed E-state index contributed by atoms with van der Waals surface area (Å²) in [6.45, 7) is 3.50. The Morgan fingerprint density at radius 3 is 3.22 bits per heavy atom. The van der Waals surface area contributed by atoms with E-state index in [4.69, 9.17) is 0 Å². The summed E-state index contributed by atoms with van der Waals surface area (Å²) in [5.41, 5.74) is 0. The van der Waals surface area contributed by atoms with Gasteiger partial charge in [-0.2, -0.15) is 0 Å². The molecule has 52 valence electrons. The van der Waals surface area contributed by atoms with Crippen molar-refractivity contribution in [2.75, 3.05) is 6.54 Å². The van der Waals surface area contributed by atoms with Crippen LogP contribution < -0.4 is 5.32 Å². The van der Waals surface area contributed by atoms with Crippen LogP contribution in [0.15, 0.2) is 0 Å². The Bertz CT molecular complexity index is 105. The van der Waals surface area contributed by atoms with E-state index in [-0.39, 0.29) is 6.10 Å². The molecule has 9 heavy (non-hydrogen) atoms. The van der Waals surface area contributed by atoms with Gasteiger partial charge < -0.3 is 10.1 Å². The summed E-state index contributed by atoms with van der Waals surface area (Å²) in [6.07, 6.45) is 1.13. The molecular formula is C6H11NO2. The van der Waals surface area contributed by atoms with Crippen LogP contribution in [0.25, 0.3) is 0 Å². The van der Waals surface area contributed by atoms with Crippen molar-refractivity contribution in [2.45, 2.75) is 25.5 Å². The van der Waals surface area contributed by atoms with Crippen LogP contribution in [0.1, 0.15) is 13.3 Å². The van der Waals surface area contributed by atoms with Crippen LogP contribution in [0.4, 0.5) is 0 Å². The molecule has 1 saturated carbocycles. The Hall–Kier alpha value is -0.570. The lowest BCUT2D eigenvalue weighted by atomic mass is 10.6. The number of hydrogen-bond acceptors (Lipinski definition) is 3. The summed E-state index contributed by atoms with van der Waals surface area (Å²) in [5.74, 6) is 0. The number of ether oxygens (including phenoxy) is 1. The second kappa shape index (κ2) is 2.82. The van der Waals surface area contributed by atoms with E-state index < -0.39 is 0 Å². The highest BCUT2D eigenvalue weighted by Crippen LogP contribution is 2.23. The number of likely N-dealkylation sites (N-methyl/N-ethyl adjacent to an activating group) is 1. The molecule has 1 rings (SSSR count). The molecule has 0 aromatic carbocycles. The standard InChI is InChI=1S/C6H11NO2/c1-2-7-5-3-6(5)9-4-8/h4-7H,2-3H2,1H3. The van der Waals surface area contributed by atoms with E-state index >= 15 is 0 Å². The fourth-order valence-electron chi connectivity index (χ4n) is 0.870. The lowest BCUT2D eigenvalue weighted by Crippen LogP contribution is -2.19. The van der Waals surface area contributed by atoms with Crippen molar-refractivity contribution in [1.29, 1.82) is 0 Å². The number of carbonyl (C=O) groups is 1. The molecule has 0 saturated heterocycles. The molecule has 1 aliphatic rings. The Morgan fingerprint density at radius 2 is 2.67 bits per heavy atom. The Labute approximate surface area is 54.4 Å². The van der Waals surface area contributed by atoms with Gasteiger partial charge in [-0.15, -0.1) is 0 Å². The molecular weight excluding hydrogens is 118 g/mol. The highest BCUT2D eigenvalue weighted by Gasteiger charge is 2.38. The van der Waals surface area contributed by atoms with Crippen LogP contribution >= 0.6 is 0 Å². The minimum absolute atomic E-state index is 0.155. The first kappa shape index (κ1) is 6.55. The third-order valence-corrected chi connectivity index (χ3v) is 1.43. The molecule has 2 unspecified atom stereocenters. The molecule has 2 atom stereocenters. The average molecular weight is 129 g/mol. The molecule has 0 bridgehead atoms. The van der Waals surface area contributed by atoms with Crippen molar-refractivity contribution in [1.82, 2.24) is 5.32 Å². The summed E-state index contributed by atoms with van der Waals surface area (Å²) < 4.78 is 4.67. The van der Waals surface area contributed by atoms with Gasteiger partial charge in [0.05, 0.1) is 0 Å². The third kappa shape index (κ3) is 1.68. The largest absolute Gasteiger partial charge is 0.463 e. The number of hydrogen-bond donors (Lipinski definition) is 1. The van der Waals surface area contributed by atoms with E-state index in [0.29, 0.717) is 12.5 Å². The maximum atomic E-state index is 9.76. The fraction of sp³-hybridized carbons (Fsp3) is 0.833. The lowest BCUT2D eigenvalue weighted by molar-refractivity contribution is -0.130. The highest BCUT2D eigenvalue weighted by atomic mass is 16.5. The predicted molar refractivity (Wildman–Crippen MR) is 33.0 cm³/mol. The molecule has 0 heterocycles. The summed E-state index contributed by atoms with van der Waals surface area (Å²) in [4.78, 5) is 9.76. The van der Waals surface area contributed by atoms with Crippen LogP contribution in [0.3, 0.4) is 0 Å². The number of carbonyl (C=O) groups excluding carboxylic acids is 1. The van der Waals surface area contributed by atoms with Gasteiger partial charge in [0.1, 0.15) is 6.10 Å². The maximum Gasteiger partial charge on any atom is 0.293 e. The summed E-state index contributed by atoms with van der Waals surface area (Å²) in [7, 11) is 0. The maximum absolute atomic E-state index is 9.76. The van der Waals surface area contributed by atoms with E-state index in [9.17, 15) is 4.79 Å². The Morgan fingerprint density at radius 1 is 1.89 bits per heavy atom. The number of nitrogens with one attached hydrogen (secondary N) is 1. The molecule has 1 fully saturated rings. The zero-order chi connectivity index (χ0) is 6.69. The van der Waals surface area contributed by atoms with Gasteiger partial charge in [0.15, 0.2) is 0 Å². The van der Waals surface area contributed by atoms with Gasteiger partial charge in [0.2, 0.25) is 0 Å². The molecule has 0 aromatic heterocycles. The van der Waals surface area contributed by atoms with Crippen molar-refractivity contribution >= 4 is 6.47 Å². The molecule has 0 aliphatic heterocycles. The summed E-state index contributed by atoms with van der Waals surface area (Å²) in [5, 5.41) is 3.17. The first-order valence-electron chi connectivity index (χ1n) is 3.21. The van der Waals surface area contributed by atoms with E-state index in [0.717, 1.165) is 13.0 Å². The minimum atomic E-state index is 0.155. The fourth-order valence-corrected chi connectivity index (χ4v) is 0.870. The quantitative estimate of drug-likeness (QED) is 0.539. The van der Waals surface area contributed by atoms with Crippen molar-refractivity contribution in [3.8, 4) is 0 Å².